The van der Waals surface area contributed by atoms with Crippen molar-refractivity contribution in [2.24, 2.45) is 0 Å². The van der Waals surface area contributed by atoms with E-state index in [0.717, 1.165) is 27.2 Å². The third-order valence-corrected chi connectivity index (χ3v) is 7.93. The van der Waals surface area contributed by atoms with Crippen molar-refractivity contribution in [3.8, 4) is 0 Å². The van der Waals surface area contributed by atoms with Crippen molar-refractivity contribution in [1.82, 2.24) is 14.3 Å². The second kappa shape index (κ2) is 6.85. The molecule has 3 heterocycles. The standard InChI is InChI=1S/C19H22N4O2S2/c1-13-4-5-14(2)17(10-13)27(24,25)23-8-6-22(7-9-23)18-16-11-15(3)26-19(16)21-12-20-18/h4-5,10-12H,6-9H2,1-3H3. The molecular formula is C19H22N4O2S2. The fourth-order valence-electron chi connectivity index (χ4n) is 3.48. The van der Waals surface area contributed by atoms with E-state index < -0.39 is 10.0 Å². The lowest BCUT2D eigenvalue weighted by atomic mass is 10.2. The molecule has 142 valence electrons. The number of fused-ring (bicyclic) bond motifs is 1. The first kappa shape index (κ1) is 18.3. The number of benzene rings is 1. The number of anilines is 1. The molecule has 1 fully saturated rings. The molecule has 3 aromatic rings. The minimum Gasteiger partial charge on any atom is -0.353 e. The highest BCUT2D eigenvalue weighted by Crippen LogP contribution is 2.31. The molecule has 1 aliphatic rings. The Labute approximate surface area is 163 Å². The van der Waals surface area contributed by atoms with E-state index in [-0.39, 0.29) is 0 Å². The van der Waals surface area contributed by atoms with Crippen LogP contribution >= 0.6 is 11.3 Å². The summed E-state index contributed by atoms with van der Waals surface area (Å²) in [4.78, 5) is 13.6. The second-order valence-corrected chi connectivity index (χ2v) is 10.1. The van der Waals surface area contributed by atoms with Crippen LogP contribution in [0.25, 0.3) is 10.2 Å². The summed E-state index contributed by atoms with van der Waals surface area (Å²) in [6, 6.07) is 7.68. The Kier molecular flexibility index (Phi) is 4.65. The summed E-state index contributed by atoms with van der Waals surface area (Å²) < 4.78 is 27.8. The number of sulfonamides is 1. The van der Waals surface area contributed by atoms with Crippen LogP contribution in [0.2, 0.25) is 0 Å². The van der Waals surface area contributed by atoms with Gasteiger partial charge in [-0.25, -0.2) is 18.4 Å². The molecule has 2 aromatic heterocycles. The maximum atomic E-state index is 13.1. The van der Waals surface area contributed by atoms with Crippen molar-refractivity contribution >= 4 is 37.4 Å². The summed E-state index contributed by atoms with van der Waals surface area (Å²) in [5, 5.41) is 1.05. The Bertz CT molecular complexity index is 1100. The van der Waals surface area contributed by atoms with Gasteiger partial charge in [-0.15, -0.1) is 11.3 Å². The van der Waals surface area contributed by atoms with Crippen LogP contribution in [0.15, 0.2) is 35.5 Å². The molecule has 4 rings (SSSR count). The van der Waals surface area contributed by atoms with Crippen LogP contribution in [-0.2, 0) is 10.0 Å². The molecule has 0 saturated carbocycles. The largest absolute Gasteiger partial charge is 0.353 e. The van der Waals surface area contributed by atoms with Gasteiger partial charge in [-0.2, -0.15) is 4.31 Å². The molecule has 6 nitrogen and oxygen atoms in total. The van der Waals surface area contributed by atoms with Gasteiger partial charge in [0, 0.05) is 31.1 Å². The SMILES string of the molecule is Cc1ccc(C)c(S(=O)(=O)N2CCN(c3ncnc4sc(C)cc34)CC2)c1. The first-order valence-electron chi connectivity index (χ1n) is 8.90. The van der Waals surface area contributed by atoms with Crippen LogP contribution in [0.1, 0.15) is 16.0 Å². The lowest BCUT2D eigenvalue weighted by Crippen LogP contribution is -2.49. The molecule has 0 amide bonds. The molecule has 1 saturated heterocycles. The minimum atomic E-state index is -3.48. The Morgan fingerprint density at radius 3 is 2.48 bits per heavy atom. The van der Waals surface area contributed by atoms with Crippen LogP contribution < -0.4 is 4.90 Å². The van der Waals surface area contributed by atoms with Crippen molar-refractivity contribution in [2.45, 2.75) is 25.7 Å². The molecule has 0 unspecified atom stereocenters. The van der Waals surface area contributed by atoms with Gasteiger partial charge in [-0.1, -0.05) is 12.1 Å². The van der Waals surface area contributed by atoms with E-state index in [0.29, 0.717) is 31.1 Å². The highest BCUT2D eigenvalue weighted by molar-refractivity contribution is 7.89. The van der Waals surface area contributed by atoms with Gasteiger partial charge in [-0.05, 0) is 44.0 Å². The fraction of sp³-hybridized carbons (Fsp3) is 0.368. The summed E-state index contributed by atoms with van der Waals surface area (Å²) >= 11 is 1.65. The van der Waals surface area contributed by atoms with Crippen molar-refractivity contribution in [2.75, 3.05) is 31.1 Å². The number of hydrogen-bond donors (Lipinski definition) is 0. The monoisotopic (exact) mass is 402 g/mol. The summed E-state index contributed by atoms with van der Waals surface area (Å²) in [6.07, 6.45) is 1.59. The Hall–Kier alpha value is -2.03. The lowest BCUT2D eigenvalue weighted by molar-refractivity contribution is 0.384. The predicted octanol–water partition coefficient (Wildman–Crippen LogP) is 3.13. The van der Waals surface area contributed by atoms with Crippen LogP contribution in [-0.4, -0.2) is 48.9 Å². The molecule has 0 aliphatic carbocycles. The van der Waals surface area contributed by atoms with Gasteiger partial charge in [0.1, 0.15) is 17.0 Å². The summed E-state index contributed by atoms with van der Waals surface area (Å²) in [6.45, 7) is 7.95. The van der Waals surface area contributed by atoms with Gasteiger partial charge in [-0.3, -0.25) is 0 Å². The Morgan fingerprint density at radius 1 is 1.00 bits per heavy atom. The van der Waals surface area contributed by atoms with E-state index >= 15 is 0 Å². The molecule has 8 heteroatoms. The van der Waals surface area contributed by atoms with E-state index in [1.165, 1.54) is 4.88 Å². The smallest absolute Gasteiger partial charge is 0.243 e. The summed E-state index contributed by atoms with van der Waals surface area (Å²) in [7, 11) is -3.48. The Balaban J connectivity index is 1.57. The summed E-state index contributed by atoms with van der Waals surface area (Å²) in [5.41, 5.74) is 1.74. The van der Waals surface area contributed by atoms with Gasteiger partial charge in [0.25, 0.3) is 0 Å². The van der Waals surface area contributed by atoms with Gasteiger partial charge in [0.05, 0.1) is 10.3 Å². The van der Waals surface area contributed by atoms with Crippen molar-refractivity contribution in [3.63, 3.8) is 0 Å². The zero-order chi connectivity index (χ0) is 19.2. The molecule has 0 spiro atoms. The van der Waals surface area contributed by atoms with Crippen molar-refractivity contribution < 1.29 is 8.42 Å². The number of rotatable bonds is 3. The van der Waals surface area contributed by atoms with Crippen LogP contribution in [0.3, 0.4) is 0 Å². The molecule has 0 radical (unpaired) electrons. The fourth-order valence-corrected chi connectivity index (χ4v) is 6.05. The Morgan fingerprint density at radius 2 is 1.74 bits per heavy atom. The average Bonchev–Trinajstić information content (AvgIpc) is 3.04. The first-order chi connectivity index (χ1) is 12.9. The lowest BCUT2D eigenvalue weighted by Gasteiger charge is -2.35. The molecule has 27 heavy (non-hydrogen) atoms. The normalized spacial score (nSPS) is 16.2. The predicted molar refractivity (Wildman–Crippen MR) is 109 cm³/mol. The minimum absolute atomic E-state index is 0.411. The third kappa shape index (κ3) is 3.33. The van der Waals surface area contributed by atoms with E-state index in [1.54, 1.807) is 28.0 Å². The number of aryl methyl sites for hydroxylation is 3. The van der Waals surface area contributed by atoms with E-state index in [9.17, 15) is 8.42 Å². The van der Waals surface area contributed by atoms with Gasteiger partial charge in [0.2, 0.25) is 10.0 Å². The van der Waals surface area contributed by atoms with Gasteiger partial charge >= 0.3 is 0 Å². The number of piperazine rings is 1. The highest BCUT2D eigenvalue weighted by Gasteiger charge is 2.30. The molecule has 0 N–H and O–H groups in total. The maximum absolute atomic E-state index is 13.1. The van der Waals surface area contributed by atoms with Crippen LogP contribution in [0, 0.1) is 20.8 Å². The zero-order valence-corrected chi connectivity index (χ0v) is 17.3. The van der Waals surface area contributed by atoms with Crippen molar-refractivity contribution in [1.29, 1.82) is 0 Å². The summed E-state index contributed by atoms with van der Waals surface area (Å²) in [5.74, 6) is 0.896. The molecule has 1 aliphatic heterocycles. The molecular weight excluding hydrogens is 380 g/mol. The highest BCUT2D eigenvalue weighted by atomic mass is 32.2. The van der Waals surface area contributed by atoms with E-state index in [1.807, 2.05) is 26.0 Å². The third-order valence-electron chi connectivity index (χ3n) is 4.93. The maximum Gasteiger partial charge on any atom is 0.243 e. The van der Waals surface area contributed by atoms with Gasteiger partial charge < -0.3 is 4.90 Å². The van der Waals surface area contributed by atoms with Crippen molar-refractivity contribution in [3.05, 3.63) is 46.6 Å². The van der Waals surface area contributed by atoms with Gasteiger partial charge in [0.15, 0.2) is 0 Å². The quantitative estimate of drug-likeness (QED) is 0.673. The second-order valence-electron chi connectivity index (χ2n) is 6.93. The molecule has 0 bridgehead atoms. The van der Waals surface area contributed by atoms with Crippen LogP contribution in [0.4, 0.5) is 5.82 Å². The molecule has 1 aromatic carbocycles. The number of thiophene rings is 1. The topological polar surface area (TPSA) is 66.4 Å². The number of hydrogen-bond acceptors (Lipinski definition) is 6. The number of aromatic nitrogens is 2. The number of nitrogens with zero attached hydrogens (tertiary/aromatic N) is 4. The van der Waals surface area contributed by atoms with E-state index in [4.69, 9.17) is 0 Å². The first-order valence-corrected chi connectivity index (χ1v) is 11.2. The zero-order valence-electron chi connectivity index (χ0n) is 15.6. The van der Waals surface area contributed by atoms with Crippen LogP contribution in [0.5, 0.6) is 0 Å². The molecule has 0 atom stereocenters. The van der Waals surface area contributed by atoms with E-state index in [2.05, 4.69) is 27.9 Å². The average molecular weight is 403 g/mol.